The average Bonchev–Trinajstić information content (AvgIpc) is 2.91. The van der Waals surface area contributed by atoms with Gasteiger partial charge in [0, 0.05) is 18.8 Å². The molecule has 140 valence electrons. The maximum absolute atomic E-state index is 14.1. The molecular formula is C17H19FN2O4S2. The highest BCUT2D eigenvalue weighted by Crippen LogP contribution is 2.28. The Morgan fingerprint density at radius 3 is 2.69 bits per heavy atom. The Morgan fingerprint density at radius 1 is 1.23 bits per heavy atom. The van der Waals surface area contributed by atoms with Gasteiger partial charge in [-0.25, -0.2) is 21.2 Å². The molecular weight excluding hydrogens is 379 g/mol. The average molecular weight is 398 g/mol. The van der Waals surface area contributed by atoms with Crippen LogP contribution in [0.15, 0.2) is 47.5 Å². The monoisotopic (exact) mass is 398 g/mol. The van der Waals surface area contributed by atoms with Crippen LogP contribution in [0.4, 0.5) is 4.39 Å². The first-order valence-electron chi connectivity index (χ1n) is 8.03. The van der Waals surface area contributed by atoms with E-state index in [1.165, 1.54) is 12.1 Å². The van der Waals surface area contributed by atoms with E-state index in [1.807, 2.05) is 0 Å². The number of aromatic nitrogens is 1. The fourth-order valence-corrected chi connectivity index (χ4v) is 7.91. The summed E-state index contributed by atoms with van der Waals surface area (Å²) >= 11 is 0. The van der Waals surface area contributed by atoms with Gasteiger partial charge in [-0.2, -0.15) is 0 Å². The molecule has 2 aromatic rings. The summed E-state index contributed by atoms with van der Waals surface area (Å²) in [4.78, 5) is 3.67. The van der Waals surface area contributed by atoms with Crippen LogP contribution in [0, 0.1) is 12.7 Å². The molecule has 2 atom stereocenters. The summed E-state index contributed by atoms with van der Waals surface area (Å²) in [5, 5.41) is 1.73. The molecule has 1 aliphatic rings. The van der Waals surface area contributed by atoms with Gasteiger partial charge >= 0.3 is 0 Å². The van der Waals surface area contributed by atoms with Crippen LogP contribution >= 0.6 is 0 Å². The van der Waals surface area contributed by atoms with Crippen molar-refractivity contribution in [3.05, 3.63) is 59.7 Å². The molecule has 1 aromatic carbocycles. The molecule has 26 heavy (non-hydrogen) atoms. The van der Waals surface area contributed by atoms with Crippen LogP contribution in [0.25, 0.3) is 0 Å². The van der Waals surface area contributed by atoms with Gasteiger partial charge in [-0.3, -0.25) is 4.98 Å². The van der Waals surface area contributed by atoms with Gasteiger partial charge in [0.25, 0.3) is 0 Å². The number of pyridine rings is 1. The van der Waals surface area contributed by atoms with Crippen molar-refractivity contribution in [3.63, 3.8) is 0 Å². The number of nitrogens with zero attached hydrogens (tertiary/aromatic N) is 1. The minimum atomic E-state index is -4.15. The fraction of sp³-hybridized carbons (Fsp3) is 0.353. The smallest absolute Gasteiger partial charge is 0.186 e. The quantitative estimate of drug-likeness (QED) is 0.815. The predicted molar refractivity (Wildman–Crippen MR) is 95.6 cm³/mol. The molecule has 0 unspecified atom stereocenters. The van der Waals surface area contributed by atoms with Crippen LogP contribution in [-0.4, -0.2) is 44.6 Å². The lowest BCUT2D eigenvalue weighted by Gasteiger charge is -2.20. The fourth-order valence-electron chi connectivity index (χ4n) is 3.04. The van der Waals surface area contributed by atoms with Gasteiger partial charge < -0.3 is 5.32 Å². The van der Waals surface area contributed by atoms with Gasteiger partial charge in [-0.1, -0.05) is 12.1 Å². The van der Waals surface area contributed by atoms with E-state index in [9.17, 15) is 21.2 Å². The van der Waals surface area contributed by atoms with E-state index < -0.39 is 47.4 Å². The van der Waals surface area contributed by atoms with Crippen molar-refractivity contribution in [1.82, 2.24) is 10.3 Å². The van der Waals surface area contributed by atoms with Gasteiger partial charge in [0.1, 0.15) is 10.7 Å². The van der Waals surface area contributed by atoms with E-state index >= 15 is 0 Å². The maximum atomic E-state index is 14.1. The van der Waals surface area contributed by atoms with Crippen LogP contribution in [-0.2, 0) is 26.2 Å². The van der Waals surface area contributed by atoms with Gasteiger partial charge in [-0.05, 0) is 36.8 Å². The Labute approximate surface area is 152 Å². The molecule has 0 radical (unpaired) electrons. The zero-order valence-corrected chi connectivity index (χ0v) is 15.7. The lowest BCUT2D eigenvalue weighted by molar-refractivity contribution is 0.516. The van der Waals surface area contributed by atoms with E-state index in [0.29, 0.717) is 11.3 Å². The van der Waals surface area contributed by atoms with Crippen molar-refractivity contribution < 1.29 is 21.2 Å². The maximum Gasteiger partial charge on any atom is 0.186 e. The summed E-state index contributed by atoms with van der Waals surface area (Å²) < 4.78 is 64.2. The molecule has 1 fully saturated rings. The normalized spacial score (nSPS) is 22.4. The second-order valence-electron chi connectivity index (χ2n) is 6.40. The number of nitrogens with one attached hydrogen (secondary N) is 1. The molecule has 0 bridgehead atoms. The Morgan fingerprint density at radius 2 is 2.00 bits per heavy atom. The summed E-state index contributed by atoms with van der Waals surface area (Å²) in [6, 6.07) is 8.25. The first-order chi connectivity index (χ1) is 12.2. The summed E-state index contributed by atoms with van der Waals surface area (Å²) in [5.41, 5.74) is 1.25. The number of aryl methyl sites for hydroxylation is 1. The highest BCUT2D eigenvalue weighted by atomic mass is 32.2. The third-order valence-electron chi connectivity index (χ3n) is 4.36. The van der Waals surface area contributed by atoms with Crippen molar-refractivity contribution in [2.24, 2.45) is 0 Å². The van der Waals surface area contributed by atoms with E-state index in [2.05, 4.69) is 10.3 Å². The Hall–Kier alpha value is -1.84. The lowest BCUT2D eigenvalue weighted by atomic mass is 10.2. The zero-order valence-electron chi connectivity index (χ0n) is 14.1. The van der Waals surface area contributed by atoms with Gasteiger partial charge in [0.15, 0.2) is 19.7 Å². The summed E-state index contributed by atoms with van der Waals surface area (Å²) in [7, 11) is -7.70. The molecule has 2 heterocycles. The lowest BCUT2D eigenvalue weighted by Crippen LogP contribution is -2.43. The highest BCUT2D eigenvalue weighted by molar-refractivity contribution is 7.96. The van der Waals surface area contributed by atoms with Crippen molar-refractivity contribution in [3.8, 4) is 0 Å². The summed E-state index contributed by atoms with van der Waals surface area (Å²) in [6.45, 7) is 1.88. The molecule has 9 heteroatoms. The second kappa shape index (κ2) is 7.05. The van der Waals surface area contributed by atoms with E-state index in [1.54, 1.807) is 31.3 Å². The van der Waals surface area contributed by atoms with Crippen molar-refractivity contribution in [2.45, 2.75) is 29.7 Å². The number of sulfone groups is 2. The highest BCUT2D eigenvalue weighted by Gasteiger charge is 2.46. The molecule has 0 amide bonds. The molecule has 6 nitrogen and oxygen atoms in total. The molecule has 1 aromatic heterocycles. The van der Waals surface area contributed by atoms with Crippen LogP contribution in [0.2, 0.25) is 0 Å². The van der Waals surface area contributed by atoms with Crippen molar-refractivity contribution in [2.75, 3.05) is 11.5 Å². The van der Waals surface area contributed by atoms with Crippen LogP contribution in [0.5, 0.6) is 0 Å². The number of halogens is 1. The SMILES string of the molecule is Cc1ccc(F)c(S(=O)(=O)[C@H]2CS(=O)(=O)C[C@@H]2NCc2ccccn2)c1. The third kappa shape index (κ3) is 3.94. The standard InChI is InChI=1S/C17H19FN2O4S2/c1-12-5-6-14(18)16(8-12)26(23,24)17-11-25(21,22)10-15(17)20-9-13-4-2-3-7-19-13/h2-8,15,17,20H,9-11H2,1H3/t15-,17-/m0/s1. The first kappa shape index (κ1) is 18.9. The Bertz CT molecular complexity index is 1010. The molecule has 0 aliphatic carbocycles. The van der Waals surface area contributed by atoms with Crippen LogP contribution < -0.4 is 5.32 Å². The number of hydrogen-bond acceptors (Lipinski definition) is 6. The number of benzene rings is 1. The Kier molecular flexibility index (Phi) is 5.14. The Balaban J connectivity index is 1.91. The van der Waals surface area contributed by atoms with Gasteiger partial charge in [0.2, 0.25) is 0 Å². The largest absolute Gasteiger partial charge is 0.306 e. The van der Waals surface area contributed by atoms with Gasteiger partial charge in [0.05, 0.1) is 22.4 Å². The van der Waals surface area contributed by atoms with E-state index in [-0.39, 0.29) is 12.3 Å². The zero-order chi connectivity index (χ0) is 18.9. The second-order valence-corrected chi connectivity index (χ2v) is 10.7. The third-order valence-corrected chi connectivity index (χ3v) is 8.53. The minimum Gasteiger partial charge on any atom is -0.306 e. The molecule has 1 N–H and O–H groups in total. The minimum absolute atomic E-state index is 0.226. The molecule has 1 saturated heterocycles. The van der Waals surface area contributed by atoms with Crippen molar-refractivity contribution in [1.29, 1.82) is 0 Å². The van der Waals surface area contributed by atoms with Gasteiger partial charge in [-0.15, -0.1) is 0 Å². The predicted octanol–water partition coefficient (Wildman–Crippen LogP) is 1.26. The molecule has 1 aliphatic heterocycles. The van der Waals surface area contributed by atoms with E-state index in [4.69, 9.17) is 0 Å². The molecule has 3 rings (SSSR count). The summed E-state index contributed by atoms with van der Waals surface area (Å²) in [6.07, 6.45) is 1.60. The number of hydrogen-bond donors (Lipinski definition) is 1. The molecule has 0 saturated carbocycles. The van der Waals surface area contributed by atoms with Crippen LogP contribution in [0.1, 0.15) is 11.3 Å². The number of rotatable bonds is 5. The van der Waals surface area contributed by atoms with Crippen molar-refractivity contribution >= 4 is 19.7 Å². The molecule has 0 spiro atoms. The van der Waals surface area contributed by atoms with Crippen LogP contribution in [0.3, 0.4) is 0 Å². The summed E-state index contributed by atoms with van der Waals surface area (Å²) in [5.74, 6) is -1.71. The topological polar surface area (TPSA) is 93.2 Å². The first-order valence-corrected chi connectivity index (χ1v) is 11.4. The van der Waals surface area contributed by atoms with E-state index in [0.717, 1.165) is 6.07 Å².